The van der Waals surface area contributed by atoms with Crippen LogP contribution in [0.25, 0.3) is 22.3 Å². The fourth-order valence-electron chi connectivity index (χ4n) is 3.18. The highest BCUT2D eigenvalue weighted by molar-refractivity contribution is 6.62. The molecular weight excluding hydrogens is 346 g/mol. The van der Waals surface area contributed by atoms with E-state index in [9.17, 15) is 4.39 Å². The Morgan fingerprint density at radius 1 is 1.15 bits per heavy atom. The van der Waals surface area contributed by atoms with Gasteiger partial charge in [-0.2, -0.15) is 5.10 Å². The quantitative estimate of drug-likeness (QED) is 0.666. The second-order valence-corrected chi connectivity index (χ2v) is 7.79. The van der Waals surface area contributed by atoms with E-state index in [-0.39, 0.29) is 5.82 Å². The summed E-state index contributed by atoms with van der Waals surface area (Å²) in [5, 5.41) is 8.28. The Morgan fingerprint density at radius 2 is 1.85 bits per heavy atom. The van der Waals surface area contributed by atoms with Crippen LogP contribution in [0.15, 0.2) is 30.7 Å². The van der Waals surface area contributed by atoms with Gasteiger partial charge in [0.1, 0.15) is 11.3 Å². The molecule has 1 aliphatic rings. The molecule has 0 N–H and O–H groups in total. The molecule has 1 saturated heterocycles. The third-order valence-electron chi connectivity index (χ3n) is 5.56. The van der Waals surface area contributed by atoms with E-state index < -0.39 is 18.3 Å². The maximum absolute atomic E-state index is 14.6. The summed E-state index contributed by atoms with van der Waals surface area (Å²) in [5.74, 6) is -0.366. The molecule has 3 aromatic rings. The first kappa shape index (κ1) is 18.1. The number of hydrogen-bond donors (Lipinski definition) is 0. The Balaban J connectivity index is 1.80. The highest BCUT2D eigenvalue weighted by atomic mass is 19.1. The number of nitrogens with zero attached hydrogens (tertiary/aromatic N) is 4. The van der Waals surface area contributed by atoms with Crippen molar-refractivity contribution in [1.29, 1.82) is 0 Å². The molecule has 0 radical (unpaired) electrons. The lowest BCUT2D eigenvalue weighted by Crippen LogP contribution is -2.41. The fourth-order valence-corrected chi connectivity index (χ4v) is 3.18. The normalized spacial score (nSPS) is 18.4. The standard InChI is InChI=1S/C19H22BFN4O2/c1-6-25-11-22-16-13(10-23-24-17(16)25)12-7-8-15(21)14(9-12)20-26-18(2,3)19(4,5)27-20/h7-11H,6H2,1-5H3. The van der Waals surface area contributed by atoms with Gasteiger partial charge in [-0.05, 0) is 46.2 Å². The van der Waals surface area contributed by atoms with E-state index in [1.165, 1.54) is 6.07 Å². The summed E-state index contributed by atoms with van der Waals surface area (Å²) in [6.45, 7) is 10.6. The van der Waals surface area contributed by atoms with Gasteiger partial charge in [0.2, 0.25) is 0 Å². The molecule has 1 aromatic carbocycles. The number of benzene rings is 1. The summed E-state index contributed by atoms with van der Waals surface area (Å²) >= 11 is 0. The lowest BCUT2D eigenvalue weighted by atomic mass is 9.77. The molecule has 0 atom stereocenters. The molecule has 1 aliphatic heterocycles. The molecule has 4 rings (SSSR count). The minimum Gasteiger partial charge on any atom is -0.399 e. The highest BCUT2D eigenvalue weighted by Gasteiger charge is 2.52. The topological polar surface area (TPSA) is 62.1 Å². The molecule has 6 nitrogen and oxygen atoms in total. The van der Waals surface area contributed by atoms with Gasteiger partial charge in [-0.15, -0.1) is 5.10 Å². The van der Waals surface area contributed by atoms with Gasteiger partial charge in [0.15, 0.2) is 5.65 Å². The van der Waals surface area contributed by atoms with Crippen LogP contribution >= 0.6 is 0 Å². The lowest BCUT2D eigenvalue weighted by Gasteiger charge is -2.32. The number of imidazole rings is 1. The van der Waals surface area contributed by atoms with Gasteiger partial charge in [-0.1, -0.05) is 12.1 Å². The van der Waals surface area contributed by atoms with Crippen molar-refractivity contribution in [3.8, 4) is 11.1 Å². The molecular formula is C19H22BFN4O2. The van der Waals surface area contributed by atoms with Crippen molar-refractivity contribution in [2.45, 2.75) is 52.4 Å². The summed E-state index contributed by atoms with van der Waals surface area (Å²) < 4.78 is 28.6. The van der Waals surface area contributed by atoms with Crippen LogP contribution in [0.5, 0.6) is 0 Å². The molecule has 140 valence electrons. The van der Waals surface area contributed by atoms with Crippen LogP contribution in [0.1, 0.15) is 34.6 Å². The van der Waals surface area contributed by atoms with Gasteiger partial charge in [0, 0.05) is 17.6 Å². The molecule has 3 heterocycles. The number of aryl methyl sites for hydroxylation is 1. The minimum atomic E-state index is -0.770. The van der Waals surface area contributed by atoms with Crippen LogP contribution < -0.4 is 5.46 Å². The second kappa shape index (κ2) is 6.10. The molecule has 27 heavy (non-hydrogen) atoms. The van der Waals surface area contributed by atoms with Crippen LogP contribution in [0.2, 0.25) is 0 Å². The van der Waals surface area contributed by atoms with Crippen LogP contribution in [-0.4, -0.2) is 38.1 Å². The molecule has 0 aliphatic carbocycles. The summed E-state index contributed by atoms with van der Waals surface area (Å²) in [6.07, 6.45) is 3.39. The van der Waals surface area contributed by atoms with E-state index in [4.69, 9.17) is 9.31 Å². The Labute approximate surface area is 157 Å². The zero-order chi connectivity index (χ0) is 19.4. The molecule has 1 fully saturated rings. The van der Waals surface area contributed by atoms with Gasteiger partial charge >= 0.3 is 7.12 Å². The van der Waals surface area contributed by atoms with Crippen LogP contribution in [-0.2, 0) is 15.9 Å². The van der Waals surface area contributed by atoms with Gasteiger partial charge in [0.05, 0.1) is 23.7 Å². The van der Waals surface area contributed by atoms with Crippen molar-refractivity contribution in [2.24, 2.45) is 0 Å². The third-order valence-corrected chi connectivity index (χ3v) is 5.56. The molecule has 0 bridgehead atoms. The highest BCUT2D eigenvalue weighted by Crippen LogP contribution is 2.37. The van der Waals surface area contributed by atoms with Crippen molar-refractivity contribution in [3.05, 3.63) is 36.5 Å². The Bertz CT molecular complexity index is 1000. The number of halogens is 1. The average Bonchev–Trinajstić information content (AvgIpc) is 3.13. The Hall–Kier alpha value is -2.32. The maximum Gasteiger partial charge on any atom is 0.497 e. The van der Waals surface area contributed by atoms with Crippen LogP contribution in [0.3, 0.4) is 0 Å². The third kappa shape index (κ3) is 2.83. The Morgan fingerprint density at radius 3 is 2.52 bits per heavy atom. The van der Waals surface area contributed by atoms with Crippen molar-refractivity contribution in [1.82, 2.24) is 19.7 Å². The van der Waals surface area contributed by atoms with E-state index >= 15 is 0 Å². The molecule has 2 aromatic heterocycles. The van der Waals surface area contributed by atoms with Gasteiger partial charge < -0.3 is 13.9 Å². The Kier molecular flexibility index (Phi) is 4.08. The van der Waals surface area contributed by atoms with Gasteiger partial charge in [-0.25, -0.2) is 9.37 Å². The largest absolute Gasteiger partial charge is 0.497 e. The molecule has 0 saturated carbocycles. The van der Waals surface area contributed by atoms with Crippen molar-refractivity contribution >= 4 is 23.7 Å². The van der Waals surface area contributed by atoms with E-state index in [0.29, 0.717) is 11.1 Å². The van der Waals surface area contributed by atoms with Crippen LogP contribution in [0, 0.1) is 5.82 Å². The van der Waals surface area contributed by atoms with Crippen molar-refractivity contribution in [2.75, 3.05) is 0 Å². The smallest absolute Gasteiger partial charge is 0.399 e. The SMILES string of the molecule is CCn1cnc2c(-c3ccc(F)c(B4OC(C)(C)C(C)(C)O4)c3)cnnc21. The summed E-state index contributed by atoms with van der Waals surface area (Å²) in [5.41, 5.74) is 2.32. The predicted octanol–water partition coefficient (Wildman–Crippen LogP) is 2.95. The lowest BCUT2D eigenvalue weighted by molar-refractivity contribution is 0.00578. The number of fused-ring (bicyclic) bond motifs is 1. The fraction of sp³-hybridized carbons (Fsp3) is 0.421. The monoisotopic (exact) mass is 368 g/mol. The first-order chi connectivity index (χ1) is 12.7. The number of hydrogen-bond acceptors (Lipinski definition) is 5. The number of rotatable bonds is 3. The predicted molar refractivity (Wildman–Crippen MR) is 102 cm³/mol. The summed E-state index contributed by atoms with van der Waals surface area (Å²) in [4.78, 5) is 4.47. The zero-order valence-corrected chi connectivity index (χ0v) is 16.2. The van der Waals surface area contributed by atoms with Gasteiger partial charge in [-0.3, -0.25) is 0 Å². The molecule has 0 unspecified atom stereocenters. The van der Waals surface area contributed by atoms with Gasteiger partial charge in [0.25, 0.3) is 0 Å². The average molecular weight is 368 g/mol. The second-order valence-electron chi connectivity index (χ2n) is 7.79. The van der Waals surface area contributed by atoms with E-state index in [1.54, 1.807) is 24.7 Å². The zero-order valence-electron chi connectivity index (χ0n) is 16.2. The molecule has 8 heteroatoms. The minimum absolute atomic E-state index is 0.366. The van der Waals surface area contributed by atoms with Crippen molar-refractivity contribution in [3.63, 3.8) is 0 Å². The number of aromatic nitrogens is 4. The summed E-state index contributed by atoms with van der Waals surface area (Å²) in [7, 11) is -0.770. The molecule has 0 spiro atoms. The summed E-state index contributed by atoms with van der Waals surface area (Å²) in [6, 6.07) is 4.89. The van der Waals surface area contributed by atoms with Crippen molar-refractivity contribution < 1.29 is 13.7 Å². The van der Waals surface area contributed by atoms with E-state index in [2.05, 4.69) is 15.2 Å². The maximum atomic E-state index is 14.6. The molecule has 0 amide bonds. The van der Waals surface area contributed by atoms with E-state index in [1.807, 2.05) is 39.2 Å². The van der Waals surface area contributed by atoms with E-state index in [0.717, 1.165) is 23.2 Å². The first-order valence-corrected chi connectivity index (χ1v) is 9.05. The first-order valence-electron chi connectivity index (χ1n) is 9.05. The van der Waals surface area contributed by atoms with Crippen LogP contribution in [0.4, 0.5) is 4.39 Å².